The molecule has 0 radical (unpaired) electrons. The first kappa shape index (κ1) is 12.9. The second-order valence-electron chi connectivity index (χ2n) is 2.87. The molecule has 5 heteroatoms. The molecule has 0 fully saturated rings. The molecule has 13 heavy (non-hydrogen) atoms. The predicted octanol–water partition coefficient (Wildman–Crippen LogP) is 1.80. The van der Waals surface area contributed by atoms with Crippen molar-refractivity contribution in [2.75, 3.05) is 13.6 Å². The van der Waals surface area contributed by atoms with Gasteiger partial charge in [-0.3, -0.25) is 4.90 Å². The van der Waals surface area contributed by atoms with Crippen LogP contribution < -0.4 is 0 Å². The predicted molar refractivity (Wildman–Crippen MR) is 56.3 cm³/mol. The minimum absolute atomic E-state index is 0.709. The first-order valence-electron chi connectivity index (χ1n) is 4.20. The van der Waals surface area contributed by atoms with E-state index in [0.29, 0.717) is 6.54 Å². The smallest absolute Gasteiger partial charge is 0.252 e. The van der Waals surface area contributed by atoms with Crippen molar-refractivity contribution in [3.8, 4) is 0 Å². The number of hydrogen-bond donors (Lipinski definition) is 0. The lowest BCUT2D eigenvalue weighted by molar-refractivity contribution is 0.337. The summed E-state index contributed by atoms with van der Waals surface area (Å²) >= 11 is 0. The summed E-state index contributed by atoms with van der Waals surface area (Å²) in [4.78, 5) is 1.71. The Morgan fingerprint density at radius 2 is 2.08 bits per heavy atom. The molecule has 0 saturated carbocycles. The standard InChI is InChI=1S/C8H16ClNO2S/c1-4-6-8(13(9,11)12)10(3)7-5-2/h4,6,8H,5,7H2,1-3H3/b6-4-. The minimum Gasteiger partial charge on any atom is -0.286 e. The molecule has 0 aliphatic rings. The van der Waals surface area contributed by atoms with E-state index in [1.807, 2.05) is 6.92 Å². The van der Waals surface area contributed by atoms with Gasteiger partial charge in [0, 0.05) is 10.7 Å². The summed E-state index contributed by atoms with van der Waals surface area (Å²) in [5, 5.41) is -0.709. The Kier molecular flexibility index (Phi) is 5.60. The molecule has 0 aromatic heterocycles. The normalized spacial score (nSPS) is 15.5. The third-order valence-electron chi connectivity index (χ3n) is 1.66. The van der Waals surface area contributed by atoms with E-state index in [2.05, 4.69) is 0 Å². The van der Waals surface area contributed by atoms with Gasteiger partial charge < -0.3 is 0 Å². The first-order valence-corrected chi connectivity index (χ1v) is 6.57. The van der Waals surface area contributed by atoms with Gasteiger partial charge in [0.25, 0.3) is 9.05 Å². The number of nitrogens with zero attached hydrogens (tertiary/aromatic N) is 1. The largest absolute Gasteiger partial charge is 0.286 e. The van der Waals surface area contributed by atoms with E-state index in [0.717, 1.165) is 6.42 Å². The zero-order chi connectivity index (χ0) is 10.5. The second kappa shape index (κ2) is 5.62. The Hall–Kier alpha value is -0.0600. The van der Waals surface area contributed by atoms with Gasteiger partial charge in [0.05, 0.1) is 0 Å². The number of halogens is 1. The molecule has 0 saturated heterocycles. The van der Waals surface area contributed by atoms with Gasteiger partial charge in [0.15, 0.2) is 0 Å². The molecule has 0 heterocycles. The Balaban J connectivity index is 4.62. The molecule has 0 aromatic rings. The Labute approximate surface area is 84.8 Å². The van der Waals surface area contributed by atoms with Crippen molar-refractivity contribution in [2.45, 2.75) is 25.6 Å². The van der Waals surface area contributed by atoms with Crippen molar-refractivity contribution in [1.29, 1.82) is 0 Å². The lowest BCUT2D eigenvalue weighted by Gasteiger charge is -2.21. The minimum atomic E-state index is -3.54. The summed E-state index contributed by atoms with van der Waals surface area (Å²) in [6.45, 7) is 4.47. The highest BCUT2D eigenvalue weighted by Gasteiger charge is 2.23. The number of likely N-dealkylation sites (N-methyl/N-ethyl adjacent to an activating group) is 1. The number of hydrogen-bond acceptors (Lipinski definition) is 3. The van der Waals surface area contributed by atoms with E-state index in [1.165, 1.54) is 0 Å². The van der Waals surface area contributed by atoms with Crippen LogP contribution in [0.25, 0.3) is 0 Å². The summed E-state index contributed by atoms with van der Waals surface area (Å²) in [5.41, 5.74) is 0. The van der Waals surface area contributed by atoms with E-state index in [9.17, 15) is 8.42 Å². The number of rotatable bonds is 5. The highest BCUT2D eigenvalue weighted by atomic mass is 35.7. The van der Waals surface area contributed by atoms with Crippen LogP contribution in [0.5, 0.6) is 0 Å². The SMILES string of the molecule is C/C=C\C(N(C)CCC)S(=O)(=O)Cl. The molecule has 3 nitrogen and oxygen atoms in total. The van der Waals surface area contributed by atoms with Crippen LogP contribution in [0.2, 0.25) is 0 Å². The van der Waals surface area contributed by atoms with Crippen molar-refractivity contribution in [3.05, 3.63) is 12.2 Å². The summed E-state index contributed by atoms with van der Waals surface area (Å²) in [6, 6.07) is 0. The molecule has 0 aliphatic heterocycles. The third-order valence-corrected chi connectivity index (χ3v) is 3.30. The highest BCUT2D eigenvalue weighted by molar-refractivity contribution is 8.14. The van der Waals surface area contributed by atoms with Crippen LogP contribution in [0.15, 0.2) is 12.2 Å². The number of allylic oxidation sites excluding steroid dienone is 1. The van der Waals surface area contributed by atoms with Crippen molar-refractivity contribution < 1.29 is 8.42 Å². The molecule has 0 rings (SSSR count). The molecule has 0 spiro atoms. The van der Waals surface area contributed by atoms with Crippen LogP contribution in [0.1, 0.15) is 20.3 Å². The summed E-state index contributed by atoms with van der Waals surface area (Å²) < 4.78 is 22.2. The van der Waals surface area contributed by atoms with E-state index in [-0.39, 0.29) is 0 Å². The Bertz CT molecular complexity index is 261. The molecule has 1 unspecified atom stereocenters. The van der Waals surface area contributed by atoms with Gasteiger partial charge >= 0.3 is 0 Å². The fourth-order valence-electron chi connectivity index (χ4n) is 1.10. The van der Waals surface area contributed by atoms with Crippen LogP contribution in [0.3, 0.4) is 0 Å². The maximum atomic E-state index is 11.1. The fraction of sp³-hybridized carbons (Fsp3) is 0.750. The molecule has 0 aliphatic carbocycles. The Morgan fingerprint density at radius 3 is 2.38 bits per heavy atom. The van der Waals surface area contributed by atoms with Crippen molar-refractivity contribution >= 4 is 19.7 Å². The first-order chi connectivity index (χ1) is 5.93. The lowest BCUT2D eigenvalue weighted by Crippen LogP contribution is -2.35. The summed E-state index contributed by atoms with van der Waals surface area (Å²) in [6.07, 6.45) is 4.17. The molecule has 0 amide bonds. The van der Waals surface area contributed by atoms with Crippen molar-refractivity contribution in [3.63, 3.8) is 0 Å². The van der Waals surface area contributed by atoms with Crippen LogP contribution in [-0.4, -0.2) is 32.3 Å². The highest BCUT2D eigenvalue weighted by Crippen LogP contribution is 2.12. The lowest BCUT2D eigenvalue weighted by atomic mass is 10.4. The van der Waals surface area contributed by atoms with Gasteiger partial charge in [-0.25, -0.2) is 8.42 Å². The molecular weight excluding hydrogens is 210 g/mol. The Morgan fingerprint density at radius 1 is 1.54 bits per heavy atom. The maximum Gasteiger partial charge on any atom is 0.252 e. The van der Waals surface area contributed by atoms with Gasteiger partial charge in [-0.2, -0.15) is 0 Å². The maximum absolute atomic E-state index is 11.1. The topological polar surface area (TPSA) is 37.4 Å². The average Bonchev–Trinajstić information content (AvgIpc) is 1.98. The van der Waals surface area contributed by atoms with E-state index < -0.39 is 14.4 Å². The van der Waals surface area contributed by atoms with Crippen LogP contribution >= 0.6 is 10.7 Å². The van der Waals surface area contributed by atoms with Crippen LogP contribution in [-0.2, 0) is 9.05 Å². The van der Waals surface area contributed by atoms with Crippen LogP contribution in [0, 0.1) is 0 Å². The van der Waals surface area contributed by atoms with E-state index in [4.69, 9.17) is 10.7 Å². The molecule has 1 atom stereocenters. The van der Waals surface area contributed by atoms with Gasteiger partial charge in [-0.05, 0) is 26.9 Å². The molecule has 0 aromatic carbocycles. The molecule has 78 valence electrons. The zero-order valence-electron chi connectivity index (χ0n) is 8.20. The summed E-state index contributed by atoms with van der Waals surface area (Å²) in [7, 11) is 3.49. The van der Waals surface area contributed by atoms with Gasteiger partial charge in [-0.1, -0.05) is 19.1 Å². The van der Waals surface area contributed by atoms with E-state index in [1.54, 1.807) is 31.0 Å². The summed E-state index contributed by atoms with van der Waals surface area (Å²) in [5.74, 6) is 0. The quantitative estimate of drug-likeness (QED) is 0.529. The van der Waals surface area contributed by atoms with Crippen molar-refractivity contribution in [1.82, 2.24) is 4.90 Å². The van der Waals surface area contributed by atoms with Crippen LogP contribution in [0.4, 0.5) is 0 Å². The zero-order valence-corrected chi connectivity index (χ0v) is 9.77. The van der Waals surface area contributed by atoms with E-state index >= 15 is 0 Å². The second-order valence-corrected chi connectivity index (χ2v) is 5.60. The molecule has 0 N–H and O–H groups in total. The molecule has 0 bridgehead atoms. The van der Waals surface area contributed by atoms with Gasteiger partial charge in [0.2, 0.25) is 0 Å². The van der Waals surface area contributed by atoms with Gasteiger partial charge in [-0.15, -0.1) is 0 Å². The molecular formula is C8H16ClNO2S. The van der Waals surface area contributed by atoms with Gasteiger partial charge in [0.1, 0.15) is 5.37 Å². The third kappa shape index (κ3) is 4.64. The monoisotopic (exact) mass is 225 g/mol. The van der Waals surface area contributed by atoms with Crippen molar-refractivity contribution in [2.24, 2.45) is 0 Å². The average molecular weight is 226 g/mol. The fourth-order valence-corrected chi connectivity index (χ4v) is 2.57.